The minimum absolute atomic E-state index is 0.0518. The first-order chi connectivity index (χ1) is 10.4. The summed E-state index contributed by atoms with van der Waals surface area (Å²) in [4.78, 5) is 26.4. The van der Waals surface area contributed by atoms with Gasteiger partial charge in [0.1, 0.15) is 6.04 Å². The molecule has 3 unspecified atom stereocenters. The summed E-state index contributed by atoms with van der Waals surface area (Å²) in [7, 11) is 2.86. The van der Waals surface area contributed by atoms with E-state index in [-0.39, 0.29) is 17.9 Å². The third-order valence-electron chi connectivity index (χ3n) is 4.37. The molecule has 5 nitrogen and oxygen atoms in total. The molecule has 0 radical (unpaired) electrons. The highest BCUT2D eigenvalue weighted by atomic mass is 16.5. The Balaban J connectivity index is 2.45. The van der Waals surface area contributed by atoms with E-state index in [4.69, 9.17) is 9.47 Å². The van der Waals surface area contributed by atoms with E-state index in [1.165, 1.54) is 14.2 Å². The van der Waals surface area contributed by atoms with Crippen LogP contribution in [0, 0.1) is 5.92 Å². The number of carbonyl (C=O) groups is 2. The maximum absolute atomic E-state index is 12.7. The van der Waals surface area contributed by atoms with Gasteiger partial charge >= 0.3 is 5.97 Å². The molecular weight excluding hydrogens is 282 g/mol. The molecule has 0 aromatic heterocycles. The van der Waals surface area contributed by atoms with E-state index in [2.05, 4.69) is 0 Å². The Morgan fingerprint density at radius 1 is 1.23 bits per heavy atom. The Morgan fingerprint density at radius 3 is 2.27 bits per heavy atom. The van der Waals surface area contributed by atoms with E-state index in [1.807, 2.05) is 44.2 Å². The van der Waals surface area contributed by atoms with Crippen molar-refractivity contribution in [1.29, 1.82) is 0 Å². The number of nitrogens with zero attached hydrogens (tertiary/aromatic N) is 1. The molecule has 2 rings (SSSR count). The molecular formula is C17H23NO4. The van der Waals surface area contributed by atoms with Crippen molar-refractivity contribution in [2.45, 2.75) is 38.5 Å². The van der Waals surface area contributed by atoms with Gasteiger partial charge in [0.2, 0.25) is 0 Å². The maximum atomic E-state index is 12.7. The van der Waals surface area contributed by atoms with Gasteiger partial charge in [-0.15, -0.1) is 0 Å². The number of hydrogen-bond donors (Lipinski definition) is 0. The second-order valence-corrected chi connectivity index (χ2v) is 6.05. The SMILES string of the molecule is COC(=O)C(C(C)C)N1C(=O)C(C)(OC)C1c1ccccc1. The van der Waals surface area contributed by atoms with Crippen LogP contribution < -0.4 is 0 Å². The normalized spacial score (nSPS) is 25.8. The summed E-state index contributed by atoms with van der Waals surface area (Å²) >= 11 is 0. The fraction of sp³-hybridized carbons (Fsp3) is 0.529. The molecule has 120 valence electrons. The smallest absolute Gasteiger partial charge is 0.328 e. The third-order valence-corrected chi connectivity index (χ3v) is 4.37. The topological polar surface area (TPSA) is 55.8 Å². The van der Waals surface area contributed by atoms with Crippen molar-refractivity contribution in [3.8, 4) is 0 Å². The van der Waals surface area contributed by atoms with Crippen molar-refractivity contribution in [1.82, 2.24) is 4.90 Å². The number of methoxy groups -OCH3 is 2. The molecule has 0 N–H and O–H groups in total. The summed E-state index contributed by atoms with van der Waals surface area (Å²) < 4.78 is 10.4. The molecule has 1 aromatic carbocycles. The molecule has 1 aliphatic heterocycles. The highest BCUT2D eigenvalue weighted by Crippen LogP contribution is 2.47. The van der Waals surface area contributed by atoms with Crippen LogP contribution in [-0.2, 0) is 19.1 Å². The van der Waals surface area contributed by atoms with Gasteiger partial charge in [0, 0.05) is 7.11 Å². The molecule has 5 heteroatoms. The average Bonchev–Trinajstić information content (AvgIpc) is 2.53. The summed E-state index contributed by atoms with van der Waals surface area (Å²) in [6, 6.07) is 8.69. The van der Waals surface area contributed by atoms with Crippen LogP contribution in [0.1, 0.15) is 32.4 Å². The first-order valence-electron chi connectivity index (χ1n) is 7.39. The van der Waals surface area contributed by atoms with Gasteiger partial charge in [-0.05, 0) is 18.4 Å². The molecule has 0 aliphatic carbocycles. The first kappa shape index (κ1) is 16.5. The number of amides is 1. The zero-order valence-corrected chi connectivity index (χ0v) is 13.7. The molecule has 1 aromatic rings. The number of benzene rings is 1. The second kappa shape index (κ2) is 6.08. The highest BCUT2D eigenvalue weighted by Gasteiger charge is 2.62. The van der Waals surface area contributed by atoms with Gasteiger partial charge in [-0.2, -0.15) is 0 Å². The molecule has 1 fully saturated rings. The molecule has 3 atom stereocenters. The number of hydrogen-bond acceptors (Lipinski definition) is 4. The number of likely N-dealkylation sites (tertiary alicyclic amines) is 1. The van der Waals surface area contributed by atoms with Gasteiger partial charge in [-0.25, -0.2) is 4.79 Å². The summed E-state index contributed by atoms with van der Waals surface area (Å²) in [5.41, 5.74) is -0.0105. The van der Waals surface area contributed by atoms with Crippen LogP contribution in [-0.4, -0.2) is 42.6 Å². The van der Waals surface area contributed by atoms with Gasteiger partial charge in [0.05, 0.1) is 13.2 Å². The van der Waals surface area contributed by atoms with Crippen LogP contribution in [0.4, 0.5) is 0 Å². The zero-order chi connectivity index (χ0) is 16.5. The Labute approximate surface area is 131 Å². The van der Waals surface area contributed by atoms with Crippen LogP contribution in [0.3, 0.4) is 0 Å². The molecule has 0 bridgehead atoms. The molecule has 1 saturated heterocycles. The lowest BCUT2D eigenvalue weighted by atomic mass is 9.76. The molecule has 1 heterocycles. The summed E-state index contributed by atoms with van der Waals surface area (Å²) in [6.45, 7) is 5.57. The van der Waals surface area contributed by atoms with Crippen LogP contribution in [0.25, 0.3) is 0 Å². The number of esters is 1. The number of β-lactam (4-membered cyclic amide) rings is 1. The van der Waals surface area contributed by atoms with E-state index in [0.717, 1.165) is 5.56 Å². The molecule has 22 heavy (non-hydrogen) atoms. The van der Waals surface area contributed by atoms with E-state index in [0.29, 0.717) is 0 Å². The quantitative estimate of drug-likeness (QED) is 0.618. The largest absolute Gasteiger partial charge is 0.467 e. The Kier molecular flexibility index (Phi) is 4.56. The number of ether oxygens (including phenoxy) is 2. The maximum Gasteiger partial charge on any atom is 0.328 e. The van der Waals surface area contributed by atoms with E-state index < -0.39 is 17.6 Å². The number of rotatable bonds is 5. The lowest BCUT2D eigenvalue weighted by Gasteiger charge is -2.56. The minimum atomic E-state index is -0.956. The van der Waals surface area contributed by atoms with Crippen molar-refractivity contribution in [2.75, 3.05) is 14.2 Å². The Morgan fingerprint density at radius 2 is 1.82 bits per heavy atom. The van der Waals surface area contributed by atoms with Gasteiger partial charge < -0.3 is 14.4 Å². The van der Waals surface area contributed by atoms with E-state index in [1.54, 1.807) is 11.8 Å². The third kappa shape index (κ3) is 2.39. The lowest BCUT2D eigenvalue weighted by Crippen LogP contribution is -2.72. The number of carbonyl (C=O) groups excluding carboxylic acids is 2. The summed E-state index contributed by atoms with van der Waals surface area (Å²) in [6.07, 6.45) is 0. The van der Waals surface area contributed by atoms with Crippen LogP contribution in [0.2, 0.25) is 0 Å². The van der Waals surface area contributed by atoms with Gasteiger partial charge in [-0.3, -0.25) is 4.79 Å². The summed E-state index contributed by atoms with van der Waals surface area (Å²) in [5, 5.41) is 0. The highest BCUT2D eigenvalue weighted by molar-refractivity contribution is 5.96. The van der Waals surface area contributed by atoms with Gasteiger partial charge in [0.25, 0.3) is 5.91 Å². The summed E-state index contributed by atoms with van der Waals surface area (Å²) in [5.74, 6) is -0.639. The van der Waals surface area contributed by atoms with Crippen molar-refractivity contribution in [3.05, 3.63) is 35.9 Å². The van der Waals surface area contributed by atoms with Crippen LogP contribution in [0.5, 0.6) is 0 Å². The Bertz CT molecular complexity index is 557. The standard InChI is InChI=1S/C17H23NO4/c1-11(2)13(15(19)21-4)18-14(12-9-7-6-8-10-12)17(3,22-5)16(18)20/h6-11,13-14H,1-5H3. The van der Waals surface area contributed by atoms with E-state index >= 15 is 0 Å². The van der Waals surface area contributed by atoms with Crippen LogP contribution in [0.15, 0.2) is 30.3 Å². The fourth-order valence-electron chi connectivity index (χ4n) is 3.12. The zero-order valence-electron chi connectivity index (χ0n) is 13.7. The van der Waals surface area contributed by atoms with E-state index in [9.17, 15) is 9.59 Å². The predicted octanol–water partition coefficient (Wildman–Crippen LogP) is 2.17. The lowest BCUT2D eigenvalue weighted by molar-refractivity contribution is -0.208. The predicted molar refractivity (Wildman–Crippen MR) is 82.1 cm³/mol. The Hall–Kier alpha value is -1.88. The monoisotopic (exact) mass is 305 g/mol. The molecule has 1 aliphatic rings. The van der Waals surface area contributed by atoms with Crippen molar-refractivity contribution >= 4 is 11.9 Å². The van der Waals surface area contributed by atoms with Gasteiger partial charge in [0.15, 0.2) is 5.60 Å². The van der Waals surface area contributed by atoms with Crippen molar-refractivity contribution in [2.24, 2.45) is 5.92 Å². The molecule has 0 spiro atoms. The van der Waals surface area contributed by atoms with Crippen molar-refractivity contribution in [3.63, 3.8) is 0 Å². The van der Waals surface area contributed by atoms with Gasteiger partial charge in [-0.1, -0.05) is 44.2 Å². The second-order valence-electron chi connectivity index (χ2n) is 6.05. The molecule has 0 saturated carbocycles. The molecule has 1 amide bonds. The minimum Gasteiger partial charge on any atom is -0.467 e. The fourth-order valence-corrected chi connectivity index (χ4v) is 3.12. The van der Waals surface area contributed by atoms with Crippen LogP contribution >= 0.6 is 0 Å². The average molecular weight is 305 g/mol. The first-order valence-corrected chi connectivity index (χ1v) is 7.39. The van der Waals surface area contributed by atoms with Crippen molar-refractivity contribution < 1.29 is 19.1 Å².